The second-order valence-corrected chi connectivity index (χ2v) is 25.3. The summed E-state index contributed by atoms with van der Waals surface area (Å²) in [6.45, 7) is 15.1. The molecule has 6 amide bonds. The number of β-amino-alcohol motifs (C(OH)–C–C–N with tert-alkyl or cyclic N) is 1. The van der Waals surface area contributed by atoms with Crippen LogP contribution in [-0.2, 0) is 30.5 Å². The van der Waals surface area contributed by atoms with Gasteiger partial charge >= 0.3 is 0 Å². The van der Waals surface area contributed by atoms with Gasteiger partial charge in [0.25, 0.3) is 5.91 Å². The Labute approximate surface area is 500 Å². The van der Waals surface area contributed by atoms with Crippen LogP contribution in [-0.4, -0.2) is 170 Å². The number of thiazole rings is 1. The van der Waals surface area contributed by atoms with Gasteiger partial charge in [0.15, 0.2) is 11.5 Å². The third-order valence-electron chi connectivity index (χ3n) is 17.2. The van der Waals surface area contributed by atoms with Crippen LogP contribution in [0.2, 0.25) is 0 Å². The molecule has 0 bridgehead atoms. The van der Waals surface area contributed by atoms with Crippen molar-refractivity contribution in [3.05, 3.63) is 95.0 Å². The summed E-state index contributed by atoms with van der Waals surface area (Å²) in [6.07, 6.45) is 20.4. The molecule has 0 unspecified atom stereocenters. The largest absolute Gasteiger partial charge is 0.391 e. The van der Waals surface area contributed by atoms with E-state index in [1.54, 1.807) is 35.9 Å². The van der Waals surface area contributed by atoms with Gasteiger partial charge in [-0.3, -0.25) is 38.7 Å². The number of benzene rings is 1. The molecule has 7 heterocycles. The van der Waals surface area contributed by atoms with Crippen LogP contribution >= 0.6 is 11.3 Å². The van der Waals surface area contributed by atoms with Gasteiger partial charge in [-0.25, -0.2) is 4.98 Å². The molecule has 4 saturated heterocycles. The zero-order chi connectivity index (χ0) is 59.4. The molecule has 3 atom stereocenters. The van der Waals surface area contributed by atoms with Crippen LogP contribution in [0.25, 0.3) is 16.5 Å². The number of aliphatic hydroxyl groups is 1. The fourth-order valence-corrected chi connectivity index (χ4v) is 12.9. The number of nitrogens with one attached hydrogen (secondary N) is 3. The predicted octanol–water partition coefficient (Wildman–Crippen LogP) is 7.59. The van der Waals surface area contributed by atoms with Crippen molar-refractivity contribution >= 4 is 58.7 Å². The molecule has 0 spiro atoms. The molecule has 19 nitrogen and oxygen atoms in total. The maximum atomic E-state index is 14.1. The fourth-order valence-electron chi connectivity index (χ4n) is 12.1. The van der Waals surface area contributed by atoms with Crippen LogP contribution in [0.15, 0.2) is 72.5 Å². The zero-order valence-corrected chi connectivity index (χ0v) is 50.8. The first-order valence-corrected chi connectivity index (χ1v) is 31.8. The van der Waals surface area contributed by atoms with Gasteiger partial charge in [0.1, 0.15) is 12.1 Å². The van der Waals surface area contributed by atoms with Gasteiger partial charge in [-0.15, -0.1) is 21.5 Å². The van der Waals surface area contributed by atoms with E-state index in [0.717, 1.165) is 169 Å². The number of piperidine rings is 2. The Morgan fingerprint density at radius 2 is 1.49 bits per heavy atom. The molecule has 4 aromatic rings. The van der Waals surface area contributed by atoms with Gasteiger partial charge in [-0.05, 0) is 104 Å². The average Bonchev–Trinajstić information content (AvgIpc) is 3.59. The number of aliphatic hydroxyl groups excluding tert-OH is 1. The maximum absolute atomic E-state index is 14.1. The summed E-state index contributed by atoms with van der Waals surface area (Å²) >= 11 is 1.58. The summed E-state index contributed by atoms with van der Waals surface area (Å²) in [4.78, 5) is 99.2. The quantitative estimate of drug-likeness (QED) is 0.0352. The molecule has 20 heteroatoms. The van der Waals surface area contributed by atoms with Crippen LogP contribution < -0.4 is 20.9 Å². The highest BCUT2D eigenvalue weighted by Crippen LogP contribution is 2.30. The molecule has 4 aliphatic heterocycles. The molecule has 3 aromatic heterocycles. The minimum Gasteiger partial charge on any atom is -0.391 e. The summed E-state index contributed by atoms with van der Waals surface area (Å²) in [7, 11) is 0. The predicted molar refractivity (Wildman–Crippen MR) is 327 cm³/mol. The highest BCUT2D eigenvalue weighted by molar-refractivity contribution is 7.13. The number of anilines is 1. The fraction of sp³-hybridized carbons (Fsp3) is 0.594. The van der Waals surface area contributed by atoms with Crippen molar-refractivity contribution in [3.8, 4) is 10.4 Å². The van der Waals surface area contributed by atoms with E-state index in [1.807, 2.05) is 91.5 Å². The summed E-state index contributed by atoms with van der Waals surface area (Å²) in [5, 5.41) is 28.4. The van der Waals surface area contributed by atoms with Crippen LogP contribution in [0.5, 0.6) is 0 Å². The van der Waals surface area contributed by atoms with E-state index in [1.165, 1.54) is 4.90 Å². The van der Waals surface area contributed by atoms with E-state index >= 15 is 0 Å². The average molecular weight is 1170 g/mol. The van der Waals surface area contributed by atoms with Crippen LogP contribution in [0.3, 0.4) is 0 Å². The Balaban J connectivity index is 0.633. The van der Waals surface area contributed by atoms with E-state index in [0.29, 0.717) is 43.5 Å². The Hall–Kier alpha value is -6.64. The number of piperazine rings is 1. The number of nitrogens with zero attached hydrogens (tertiary/aromatic N) is 9. The number of unbranched alkanes of at least 4 members (excludes halogenated alkanes) is 7. The normalized spacial score (nSPS) is 18.7. The van der Waals surface area contributed by atoms with Gasteiger partial charge < -0.3 is 40.7 Å². The third-order valence-corrected chi connectivity index (χ3v) is 18.2. The zero-order valence-electron chi connectivity index (χ0n) is 50.0. The minimum atomic E-state index is -0.858. The highest BCUT2D eigenvalue weighted by atomic mass is 32.1. The van der Waals surface area contributed by atoms with E-state index in [-0.39, 0.29) is 55.0 Å². The topological polar surface area (TPSA) is 226 Å². The lowest BCUT2D eigenvalue weighted by molar-refractivity contribution is -0.144. The molecule has 4 N–H and O–H groups in total. The number of amides is 6. The number of likely N-dealkylation sites (tertiary alicyclic amines) is 2. The number of hydrogen-bond acceptors (Lipinski definition) is 14. The Morgan fingerprint density at radius 1 is 0.774 bits per heavy atom. The highest BCUT2D eigenvalue weighted by Gasteiger charge is 2.44. The van der Waals surface area contributed by atoms with Crippen molar-refractivity contribution in [2.24, 2.45) is 11.3 Å². The van der Waals surface area contributed by atoms with Crippen molar-refractivity contribution in [2.75, 3.05) is 70.3 Å². The molecule has 1 aromatic carbocycles. The first-order chi connectivity index (χ1) is 40.6. The number of carbonyl (C=O) groups is 6. The molecule has 4 fully saturated rings. The van der Waals surface area contributed by atoms with Gasteiger partial charge in [-0.2, -0.15) is 0 Å². The molecular weight excluding hydrogens is 1080 g/mol. The van der Waals surface area contributed by atoms with Crippen molar-refractivity contribution < 1.29 is 33.9 Å². The standard InChI is InChI=1S/C64H90N12O7S/c1-46-59(84-45-68-46)50-22-19-49(20-23-50)43-67-61(81)54-41-52(77)44-76(54)63(83)60(64(2,3)4)69-57(79)17-10-8-6-5-7-9-11-18-58(80)74-39-37-72(38-40-74)51-29-35-73(36-30-51)55-25-24-53(70-71-55)62(82)75-33-27-47(28-34-75)15-12-13-32-66-56(78)26-21-48-16-14-31-65-42-48/h14,16,19-26,31,42,45,47,51-52,54,60,77H,5-13,15,17-18,27-30,32-41,43-44H2,1-4H3,(H,66,78)(H,67,81)(H,69,79)/b26-21+/t52-,54+,60-/m1/s1. The Morgan fingerprint density at radius 3 is 2.14 bits per heavy atom. The number of rotatable bonds is 26. The lowest BCUT2D eigenvalue weighted by Gasteiger charge is -2.43. The lowest BCUT2D eigenvalue weighted by atomic mass is 9.85. The smallest absolute Gasteiger partial charge is 0.274 e. The van der Waals surface area contributed by atoms with Crippen LogP contribution in [0, 0.1) is 18.3 Å². The van der Waals surface area contributed by atoms with E-state index in [4.69, 9.17) is 0 Å². The van der Waals surface area contributed by atoms with Crippen molar-refractivity contribution in [1.82, 2.24) is 55.7 Å². The summed E-state index contributed by atoms with van der Waals surface area (Å²) in [5.41, 5.74) is 5.43. The summed E-state index contributed by atoms with van der Waals surface area (Å²) < 4.78 is 0. The second-order valence-electron chi connectivity index (χ2n) is 24.5. The van der Waals surface area contributed by atoms with Crippen molar-refractivity contribution in [1.29, 1.82) is 0 Å². The number of carbonyl (C=O) groups excluding carboxylic acids is 6. The third kappa shape index (κ3) is 18.7. The Kier molecular flexibility index (Phi) is 23.8. The summed E-state index contributed by atoms with van der Waals surface area (Å²) in [5.74, 6) is 0.565. The van der Waals surface area contributed by atoms with Gasteiger partial charge in [0.2, 0.25) is 29.5 Å². The van der Waals surface area contributed by atoms with E-state index < -0.39 is 23.6 Å². The molecule has 454 valence electrons. The molecule has 4 aliphatic rings. The molecule has 0 radical (unpaired) electrons. The van der Waals surface area contributed by atoms with Crippen LogP contribution in [0.1, 0.15) is 157 Å². The van der Waals surface area contributed by atoms with Crippen LogP contribution in [0.4, 0.5) is 5.82 Å². The first-order valence-electron chi connectivity index (χ1n) is 30.9. The Bertz CT molecular complexity index is 2780. The van der Waals surface area contributed by atoms with Crippen molar-refractivity contribution in [2.45, 2.75) is 168 Å². The number of aromatic nitrogens is 4. The SMILES string of the molecule is Cc1ncsc1-c1ccc(CNC(=O)[C@@H]2C[C@@H](O)CN2C(=O)[C@@H](NC(=O)CCCCCCCCCC(=O)N2CCN(C3CCN(c4ccc(C(=O)N5CCC(CCCCNC(=O)/C=C/c6cccnc6)CC5)nn4)CC3)CC2)C(C)(C)C)cc1. The number of hydrogen-bond donors (Lipinski definition) is 4. The molecule has 84 heavy (non-hydrogen) atoms. The molecule has 0 aliphatic carbocycles. The van der Waals surface area contributed by atoms with Gasteiger partial charge in [0, 0.05) is 116 Å². The maximum Gasteiger partial charge on any atom is 0.274 e. The van der Waals surface area contributed by atoms with E-state index in [9.17, 15) is 33.9 Å². The molecular formula is C64H90N12O7S. The lowest BCUT2D eigenvalue weighted by Crippen LogP contribution is -2.57. The van der Waals surface area contributed by atoms with E-state index in [2.05, 4.69) is 45.9 Å². The molecule has 8 rings (SSSR count). The van der Waals surface area contributed by atoms with Crippen molar-refractivity contribution in [3.63, 3.8) is 0 Å². The minimum absolute atomic E-state index is 0.0289. The first kappa shape index (κ1) is 63.4. The molecule has 0 saturated carbocycles. The van der Waals surface area contributed by atoms with Gasteiger partial charge in [0.05, 0.1) is 22.2 Å². The second kappa shape index (κ2) is 31.5. The van der Waals surface area contributed by atoms with Gasteiger partial charge in [-0.1, -0.05) is 96.0 Å². The summed E-state index contributed by atoms with van der Waals surface area (Å²) in [6, 6.07) is 14.2. The monoisotopic (exact) mass is 1170 g/mol. The number of pyridine rings is 1. The number of aryl methyl sites for hydroxylation is 1.